The quantitative estimate of drug-likeness (QED) is 0.775. The molecule has 0 spiro atoms. The second-order valence-electron chi connectivity index (χ2n) is 5.19. The zero-order valence-corrected chi connectivity index (χ0v) is 13.6. The van der Waals surface area contributed by atoms with Crippen molar-refractivity contribution in [2.45, 2.75) is 20.3 Å². The lowest BCUT2D eigenvalue weighted by Crippen LogP contribution is -2.26. The predicted molar refractivity (Wildman–Crippen MR) is 79.0 cm³/mol. The van der Waals surface area contributed by atoms with Gasteiger partial charge in [0.15, 0.2) is 0 Å². The standard InChI is InChI=1S/C13H15BrFNO3S/c1-8-3-9(2)13(11(14)4-8)16-6-10(5-12(16)17)7-20(15,18)19/h3-4,10H,5-7H2,1-2H3. The highest BCUT2D eigenvalue weighted by Crippen LogP contribution is 2.35. The number of aryl methyl sites for hydroxylation is 2. The third-order valence-electron chi connectivity index (χ3n) is 3.31. The van der Waals surface area contributed by atoms with Crippen molar-refractivity contribution in [2.24, 2.45) is 5.92 Å². The molecule has 1 amide bonds. The molecule has 1 fully saturated rings. The van der Waals surface area contributed by atoms with Crippen LogP contribution in [-0.2, 0) is 15.0 Å². The Balaban J connectivity index is 2.29. The zero-order valence-electron chi connectivity index (χ0n) is 11.2. The minimum atomic E-state index is -4.55. The topological polar surface area (TPSA) is 54.5 Å². The first-order valence-electron chi connectivity index (χ1n) is 6.17. The van der Waals surface area contributed by atoms with Gasteiger partial charge in [0.25, 0.3) is 0 Å². The second-order valence-corrected chi connectivity index (χ2v) is 7.46. The molecule has 0 N–H and O–H groups in total. The number of anilines is 1. The fourth-order valence-corrected chi connectivity index (χ4v) is 4.31. The predicted octanol–water partition coefficient (Wildman–Crippen LogP) is 2.72. The Bertz CT molecular complexity index is 637. The van der Waals surface area contributed by atoms with Crippen LogP contribution in [0.2, 0.25) is 0 Å². The van der Waals surface area contributed by atoms with Crippen molar-refractivity contribution in [3.05, 3.63) is 27.7 Å². The third-order valence-corrected chi connectivity index (χ3v) is 4.78. The summed E-state index contributed by atoms with van der Waals surface area (Å²) < 4.78 is 34.9. The maximum atomic E-state index is 12.7. The summed E-state index contributed by atoms with van der Waals surface area (Å²) in [6.07, 6.45) is 0.0584. The lowest BCUT2D eigenvalue weighted by atomic mass is 10.1. The summed E-state index contributed by atoms with van der Waals surface area (Å²) in [4.78, 5) is 13.6. The van der Waals surface area contributed by atoms with Gasteiger partial charge in [0.05, 0.1) is 11.4 Å². The normalized spacial score (nSPS) is 19.7. The molecular formula is C13H15BrFNO3S. The zero-order chi connectivity index (χ0) is 15.1. The van der Waals surface area contributed by atoms with Crippen LogP contribution < -0.4 is 4.90 Å². The van der Waals surface area contributed by atoms with Gasteiger partial charge < -0.3 is 4.90 Å². The molecule has 20 heavy (non-hydrogen) atoms. The summed E-state index contributed by atoms with van der Waals surface area (Å²) in [7, 11) is -4.55. The Morgan fingerprint density at radius 1 is 1.40 bits per heavy atom. The number of halogens is 2. The van der Waals surface area contributed by atoms with Gasteiger partial charge in [-0.05, 0) is 47.0 Å². The highest BCUT2D eigenvalue weighted by Gasteiger charge is 2.35. The molecule has 1 aromatic carbocycles. The molecule has 0 radical (unpaired) electrons. The van der Waals surface area contributed by atoms with Crippen LogP contribution in [0.25, 0.3) is 0 Å². The molecule has 0 aromatic heterocycles. The van der Waals surface area contributed by atoms with Gasteiger partial charge in [0.2, 0.25) is 5.91 Å². The van der Waals surface area contributed by atoms with Gasteiger partial charge in [0, 0.05) is 23.4 Å². The first kappa shape index (κ1) is 15.4. The number of rotatable bonds is 3. The number of nitrogens with zero attached hydrogens (tertiary/aromatic N) is 1. The van der Waals surface area contributed by atoms with E-state index in [4.69, 9.17) is 0 Å². The Morgan fingerprint density at radius 2 is 2.05 bits per heavy atom. The van der Waals surface area contributed by atoms with Crippen LogP contribution in [0, 0.1) is 19.8 Å². The first-order valence-corrected chi connectivity index (χ1v) is 8.51. The van der Waals surface area contributed by atoms with Gasteiger partial charge in [-0.2, -0.15) is 8.42 Å². The first-order chi connectivity index (χ1) is 9.17. The number of carbonyl (C=O) groups excluding carboxylic acids is 1. The summed E-state index contributed by atoms with van der Waals surface area (Å²) in [6.45, 7) is 4.07. The molecule has 0 saturated carbocycles. The lowest BCUT2D eigenvalue weighted by Gasteiger charge is -2.21. The second kappa shape index (κ2) is 5.44. The summed E-state index contributed by atoms with van der Waals surface area (Å²) >= 11 is 3.43. The van der Waals surface area contributed by atoms with Gasteiger partial charge in [-0.15, -0.1) is 3.89 Å². The molecule has 110 valence electrons. The summed E-state index contributed by atoms with van der Waals surface area (Å²) in [5, 5.41) is 0. The van der Waals surface area contributed by atoms with Crippen LogP contribution in [0.3, 0.4) is 0 Å². The summed E-state index contributed by atoms with van der Waals surface area (Å²) in [5.41, 5.74) is 2.72. The van der Waals surface area contributed by atoms with Crippen molar-refractivity contribution in [1.29, 1.82) is 0 Å². The Hall–Kier alpha value is -0.950. The molecule has 4 nitrogen and oxygen atoms in total. The highest BCUT2D eigenvalue weighted by molar-refractivity contribution is 9.10. The van der Waals surface area contributed by atoms with E-state index >= 15 is 0 Å². The van der Waals surface area contributed by atoms with E-state index in [9.17, 15) is 17.1 Å². The van der Waals surface area contributed by atoms with E-state index in [1.54, 1.807) is 0 Å². The maximum Gasteiger partial charge on any atom is 0.302 e. The van der Waals surface area contributed by atoms with Crippen molar-refractivity contribution in [2.75, 3.05) is 17.2 Å². The minimum absolute atomic E-state index is 0.0584. The lowest BCUT2D eigenvalue weighted by molar-refractivity contribution is -0.117. The van der Waals surface area contributed by atoms with E-state index in [0.29, 0.717) is 0 Å². The Morgan fingerprint density at radius 3 is 2.60 bits per heavy atom. The van der Waals surface area contributed by atoms with E-state index in [1.807, 2.05) is 26.0 Å². The van der Waals surface area contributed by atoms with Crippen molar-refractivity contribution < 1.29 is 17.1 Å². The average molecular weight is 364 g/mol. The van der Waals surface area contributed by atoms with Crippen LogP contribution in [-0.4, -0.2) is 26.6 Å². The van der Waals surface area contributed by atoms with Gasteiger partial charge in [0.1, 0.15) is 0 Å². The molecule has 1 heterocycles. The van der Waals surface area contributed by atoms with Crippen molar-refractivity contribution >= 4 is 37.7 Å². The van der Waals surface area contributed by atoms with Crippen LogP contribution in [0.15, 0.2) is 16.6 Å². The minimum Gasteiger partial charge on any atom is -0.311 e. The molecular weight excluding hydrogens is 349 g/mol. The van der Waals surface area contributed by atoms with Gasteiger partial charge in [-0.3, -0.25) is 4.79 Å². The molecule has 0 aliphatic carbocycles. The number of benzene rings is 1. The van der Waals surface area contributed by atoms with Gasteiger partial charge >= 0.3 is 10.2 Å². The summed E-state index contributed by atoms with van der Waals surface area (Å²) in [5.74, 6) is -1.27. The smallest absolute Gasteiger partial charge is 0.302 e. The van der Waals surface area contributed by atoms with Crippen molar-refractivity contribution in [3.63, 3.8) is 0 Å². The largest absolute Gasteiger partial charge is 0.311 e. The molecule has 1 aliphatic rings. The molecule has 1 aromatic rings. The van der Waals surface area contributed by atoms with Crippen LogP contribution in [0.1, 0.15) is 17.5 Å². The van der Waals surface area contributed by atoms with Gasteiger partial charge in [-0.1, -0.05) is 6.07 Å². The van der Waals surface area contributed by atoms with E-state index in [-0.39, 0.29) is 18.9 Å². The van der Waals surface area contributed by atoms with Gasteiger partial charge in [-0.25, -0.2) is 0 Å². The number of hydrogen-bond acceptors (Lipinski definition) is 3. The highest BCUT2D eigenvalue weighted by atomic mass is 79.9. The van der Waals surface area contributed by atoms with Crippen LogP contribution in [0.4, 0.5) is 9.57 Å². The van der Waals surface area contributed by atoms with E-state index < -0.39 is 21.9 Å². The Kier molecular flexibility index (Phi) is 4.20. The number of amides is 1. The maximum absolute atomic E-state index is 12.7. The van der Waals surface area contributed by atoms with Crippen molar-refractivity contribution in [1.82, 2.24) is 0 Å². The fourth-order valence-electron chi connectivity index (χ4n) is 2.64. The molecule has 2 rings (SSSR count). The van der Waals surface area contributed by atoms with E-state index in [0.717, 1.165) is 21.3 Å². The number of carbonyl (C=O) groups is 1. The molecule has 1 unspecified atom stereocenters. The molecule has 7 heteroatoms. The van der Waals surface area contributed by atoms with Crippen molar-refractivity contribution in [3.8, 4) is 0 Å². The molecule has 0 bridgehead atoms. The molecule has 1 atom stereocenters. The SMILES string of the molecule is Cc1cc(C)c(N2CC(CS(=O)(=O)F)CC2=O)c(Br)c1. The van der Waals surface area contributed by atoms with E-state index in [1.165, 1.54) is 4.90 Å². The molecule has 1 aliphatic heterocycles. The number of hydrogen-bond donors (Lipinski definition) is 0. The molecule has 1 saturated heterocycles. The fraction of sp³-hybridized carbons (Fsp3) is 0.462. The van der Waals surface area contributed by atoms with E-state index in [2.05, 4.69) is 15.9 Å². The third kappa shape index (κ3) is 3.38. The monoisotopic (exact) mass is 363 g/mol. The Labute approximate surface area is 126 Å². The average Bonchev–Trinajstić information content (AvgIpc) is 2.55. The van der Waals surface area contributed by atoms with Crippen LogP contribution in [0.5, 0.6) is 0 Å². The van der Waals surface area contributed by atoms with Crippen LogP contribution >= 0.6 is 15.9 Å². The summed E-state index contributed by atoms with van der Waals surface area (Å²) in [6, 6.07) is 3.85.